The van der Waals surface area contributed by atoms with Gasteiger partial charge in [-0.05, 0) is 99.0 Å². The molecule has 0 radical (unpaired) electrons. The predicted molar refractivity (Wildman–Crippen MR) is 222 cm³/mol. The number of carbonyl (C=O) groups is 3. The van der Waals surface area contributed by atoms with Crippen molar-refractivity contribution >= 4 is 40.9 Å². The fourth-order valence-corrected chi connectivity index (χ4v) is 6.59. The molecule has 0 bridgehead atoms. The Morgan fingerprint density at radius 2 is 1.58 bits per heavy atom. The molecule has 1 aliphatic rings. The molecule has 2 unspecified atom stereocenters. The number of nitrogens with one attached hydrogen (secondary N) is 1. The van der Waals surface area contributed by atoms with Gasteiger partial charge in [0.15, 0.2) is 0 Å². The number of rotatable bonds is 11. The average Bonchev–Trinajstić information content (AvgIpc) is 3.70. The Kier molecular flexibility index (Phi) is 17.3. The summed E-state index contributed by atoms with van der Waals surface area (Å²) in [5.74, 6) is -0.735. The maximum Gasteiger partial charge on any atom is 0.419 e. The van der Waals surface area contributed by atoms with E-state index in [2.05, 4.69) is 36.9 Å². The Balaban J connectivity index is 0.000000288. The molecule has 3 aromatic carbocycles. The van der Waals surface area contributed by atoms with Crippen LogP contribution >= 0.6 is 11.8 Å². The third-order valence-corrected chi connectivity index (χ3v) is 10.9. The molecule has 0 spiro atoms. The van der Waals surface area contributed by atoms with Crippen molar-refractivity contribution in [3.05, 3.63) is 111 Å². The first kappa shape index (κ1) is 49.4. The Morgan fingerprint density at radius 3 is 2.08 bits per heavy atom. The van der Waals surface area contributed by atoms with Gasteiger partial charge in [-0.2, -0.15) is 31.4 Å². The van der Waals surface area contributed by atoms with Gasteiger partial charge in [0.25, 0.3) is 5.91 Å². The topological polar surface area (TPSA) is 93.5 Å². The van der Waals surface area contributed by atoms with Gasteiger partial charge in [0.1, 0.15) is 24.0 Å². The van der Waals surface area contributed by atoms with Gasteiger partial charge in [-0.1, -0.05) is 64.2 Å². The number of aromatic nitrogens is 2. The maximum absolute atomic E-state index is 13.8. The van der Waals surface area contributed by atoms with Crippen molar-refractivity contribution in [2.75, 3.05) is 22.6 Å². The van der Waals surface area contributed by atoms with Gasteiger partial charge in [0, 0.05) is 35.7 Å². The first-order valence-corrected chi connectivity index (χ1v) is 20.1. The number of ether oxygens (including phenoxy) is 1. The van der Waals surface area contributed by atoms with E-state index < -0.39 is 36.2 Å². The summed E-state index contributed by atoms with van der Waals surface area (Å²) in [7, 11) is 1.63. The number of carbonyl (C=O) groups excluding carboxylic acids is 3. The van der Waals surface area contributed by atoms with E-state index in [1.54, 1.807) is 32.2 Å². The van der Waals surface area contributed by atoms with Gasteiger partial charge in [-0.25, -0.2) is 4.39 Å². The minimum Gasteiger partial charge on any atom is -0.367 e. The van der Waals surface area contributed by atoms with Gasteiger partial charge in [-0.3, -0.25) is 24.0 Å². The largest absolute Gasteiger partial charge is 0.419 e. The van der Waals surface area contributed by atoms with Gasteiger partial charge >= 0.3 is 12.4 Å². The number of hydrogen-bond acceptors (Lipinski definition) is 6. The number of ketones is 1. The summed E-state index contributed by atoms with van der Waals surface area (Å²) < 4.78 is 94.8. The number of nitrogens with zero attached hydrogens (tertiary/aromatic N) is 3. The molecule has 1 aliphatic heterocycles. The summed E-state index contributed by atoms with van der Waals surface area (Å²) in [6.07, 6.45) is -7.19. The van der Waals surface area contributed by atoms with E-state index >= 15 is 0 Å². The zero-order chi connectivity index (χ0) is 45.3. The highest BCUT2D eigenvalue weighted by Gasteiger charge is 2.34. The highest BCUT2D eigenvalue weighted by atomic mass is 32.2. The lowest BCUT2D eigenvalue weighted by molar-refractivity contribution is -0.176. The first-order valence-electron chi connectivity index (χ1n) is 19.1. The van der Waals surface area contributed by atoms with Gasteiger partial charge in [-0.15, -0.1) is 0 Å². The van der Waals surface area contributed by atoms with Crippen LogP contribution in [-0.4, -0.2) is 45.9 Å². The van der Waals surface area contributed by atoms with E-state index in [0.717, 1.165) is 41.2 Å². The van der Waals surface area contributed by atoms with E-state index in [-0.39, 0.29) is 29.7 Å². The molecule has 2 amide bonds. The zero-order valence-electron chi connectivity index (χ0n) is 35.1. The second-order valence-electron chi connectivity index (χ2n) is 14.6. The minimum atomic E-state index is -4.82. The molecule has 1 aromatic heterocycles. The molecule has 5 rings (SSSR count). The standard InChI is InChI=1S/C23H23F4N3O.C15H16F3NO2S.C6H12O/c1-5-13(2)17-8-6-15(10-14(17)3)20-12-21(30(4)29-20)28-22(31)16-7-9-18(19(24)11-16)23(25,26)27;1-9-4-12(6-21-8-15(16,17)18)13(5-10(9)2)19-11(3)22-7-14(19)20;1-4-5(2)6(3)7/h6-13H,5H2,1-4H3,(H,28,31);4-5H,3,6-8H2,1-2H3;5H,4H2,1-3H3. The van der Waals surface area contributed by atoms with Gasteiger partial charge < -0.3 is 10.1 Å². The van der Waals surface area contributed by atoms with Crippen molar-refractivity contribution in [3.63, 3.8) is 0 Å². The predicted octanol–water partition coefficient (Wildman–Crippen LogP) is 11.9. The fourth-order valence-electron chi connectivity index (χ4n) is 5.84. The quantitative estimate of drug-likeness (QED) is 0.151. The number of amides is 2. The molecule has 0 aliphatic carbocycles. The third kappa shape index (κ3) is 13.5. The number of Topliss-reactive ketones (excluding diaryl/α,β-unsaturated/α-hetero) is 1. The Hall–Kier alpha value is -4.96. The smallest absolute Gasteiger partial charge is 0.367 e. The van der Waals surface area contributed by atoms with E-state index in [0.29, 0.717) is 51.6 Å². The molecule has 16 heteroatoms. The first-order chi connectivity index (χ1) is 27.9. The number of hydrogen-bond donors (Lipinski definition) is 1. The van der Waals surface area contributed by atoms with Crippen molar-refractivity contribution < 1.29 is 49.9 Å². The van der Waals surface area contributed by atoms with Crippen LogP contribution in [0.15, 0.2) is 66.2 Å². The Labute approximate surface area is 350 Å². The molecule has 1 saturated heterocycles. The number of alkyl halides is 6. The van der Waals surface area contributed by atoms with E-state index in [9.17, 15) is 45.1 Å². The van der Waals surface area contributed by atoms with Crippen LogP contribution in [0.4, 0.5) is 42.2 Å². The normalized spacial score (nSPS) is 13.9. The Morgan fingerprint density at radius 1 is 0.933 bits per heavy atom. The van der Waals surface area contributed by atoms with Gasteiger partial charge in [0.2, 0.25) is 5.91 Å². The van der Waals surface area contributed by atoms with Crippen LogP contribution in [-0.2, 0) is 34.2 Å². The highest BCUT2D eigenvalue weighted by molar-refractivity contribution is 8.04. The SMILES string of the molecule is C=C1SCC(=O)N1c1cc(C)c(C)cc1COCC(F)(F)F.CCC(C)C(C)=O.CCC(C)c1ccc(-c2cc(NC(=O)c3ccc(C(F)(F)F)c(F)c3)n(C)n2)cc1C. The number of halogens is 7. The van der Waals surface area contributed by atoms with Crippen LogP contribution in [0.5, 0.6) is 0 Å². The molecule has 2 heterocycles. The van der Waals surface area contributed by atoms with Crippen molar-refractivity contribution in [2.45, 2.75) is 93.1 Å². The summed E-state index contributed by atoms with van der Waals surface area (Å²) in [5.41, 5.74) is 5.26. The van der Waals surface area contributed by atoms with Crippen LogP contribution < -0.4 is 10.2 Å². The molecule has 2 atom stereocenters. The Bertz CT molecular complexity index is 2170. The van der Waals surface area contributed by atoms with Crippen LogP contribution in [0.3, 0.4) is 0 Å². The molecule has 326 valence electrons. The number of aryl methyl sites for hydroxylation is 4. The molecule has 1 fully saturated rings. The van der Waals surface area contributed by atoms with E-state index in [1.807, 2.05) is 46.8 Å². The number of thioether (sulfide) groups is 1. The summed E-state index contributed by atoms with van der Waals surface area (Å²) in [6.45, 7) is 18.0. The van der Waals surface area contributed by atoms with Crippen LogP contribution in [0, 0.1) is 32.5 Å². The molecular weight excluding hydrogens is 814 g/mol. The fraction of sp³-hybridized carbons (Fsp3) is 0.409. The summed E-state index contributed by atoms with van der Waals surface area (Å²) >= 11 is 1.32. The monoisotopic (exact) mass is 864 g/mol. The molecule has 0 saturated carbocycles. The zero-order valence-corrected chi connectivity index (χ0v) is 35.9. The summed E-state index contributed by atoms with van der Waals surface area (Å²) in [5, 5.41) is 7.55. The minimum absolute atomic E-state index is 0.129. The molecule has 8 nitrogen and oxygen atoms in total. The molecule has 1 N–H and O–H groups in total. The molecule has 4 aromatic rings. The van der Waals surface area contributed by atoms with Crippen molar-refractivity contribution in [1.82, 2.24) is 9.78 Å². The third-order valence-electron chi connectivity index (χ3n) is 9.99. The lowest BCUT2D eigenvalue weighted by Gasteiger charge is -2.22. The lowest BCUT2D eigenvalue weighted by Crippen LogP contribution is -2.25. The van der Waals surface area contributed by atoms with Gasteiger partial charge in [0.05, 0.1) is 34.3 Å². The van der Waals surface area contributed by atoms with Crippen LogP contribution in [0.25, 0.3) is 11.3 Å². The molecule has 60 heavy (non-hydrogen) atoms. The van der Waals surface area contributed by atoms with Crippen LogP contribution in [0.2, 0.25) is 0 Å². The second kappa shape index (κ2) is 21.0. The number of benzene rings is 3. The summed E-state index contributed by atoms with van der Waals surface area (Å²) in [6, 6.07) is 13.3. The van der Waals surface area contributed by atoms with E-state index in [4.69, 9.17) is 4.74 Å². The molecular formula is C44H51F7N4O4S. The second-order valence-corrected chi connectivity index (χ2v) is 15.6. The summed E-state index contributed by atoms with van der Waals surface area (Å²) in [4.78, 5) is 36.2. The lowest BCUT2D eigenvalue weighted by atomic mass is 9.92. The highest BCUT2D eigenvalue weighted by Crippen LogP contribution is 2.37. The maximum atomic E-state index is 13.8. The van der Waals surface area contributed by atoms with Crippen molar-refractivity contribution in [2.24, 2.45) is 13.0 Å². The average molecular weight is 865 g/mol. The van der Waals surface area contributed by atoms with Crippen molar-refractivity contribution in [1.29, 1.82) is 0 Å². The van der Waals surface area contributed by atoms with E-state index in [1.165, 1.54) is 26.9 Å². The van der Waals surface area contributed by atoms with Crippen molar-refractivity contribution in [3.8, 4) is 11.3 Å². The van der Waals surface area contributed by atoms with Crippen LogP contribution in [0.1, 0.15) is 97.1 Å². The number of anilines is 2.